The number of amides is 1. The van der Waals surface area contributed by atoms with E-state index in [1.807, 2.05) is 67.6 Å². The van der Waals surface area contributed by atoms with E-state index in [0.717, 1.165) is 11.1 Å². The van der Waals surface area contributed by atoms with Crippen molar-refractivity contribution in [3.05, 3.63) is 107 Å². The van der Waals surface area contributed by atoms with Crippen molar-refractivity contribution in [2.45, 2.75) is 19.6 Å². The first-order valence-electron chi connectivity index (χ1n) is 11.3. The molecule has 0 saturated heterocycles. The Bertz CT molecular complexity index is 1450. The summed E-state index contributed by atoms with van der Waals surface area (Å²) in [4.78, 5) is 17.9. The first-order valence-corrected chi connectivity index (χ1v) is 11.7. The van der Waals surface area contributed by atoms with Crippen molar-refractivity contribution in [2.75, 3.05) is 17.7 Å². The van der Waals surface area contributed by atoms with Gasteiger partial charge in [0.2, 0.25) is 5.95 Å². The Morgan fingerprint density at radius 2 is 1.92 bits per heavy atom. The molecule has 4 aromatic rings. The van der Waals surface area contributed by atoms with Crippen LogP contribution in [0, 0.1) is 0 Å². The summed E-state index contributed by atoms with van der Waals surface area (Å²) >= 11 is 6.28. The van der Waals surface area contributed by atoms with E-state index < -0.39 is 6.04 Å². The van der Waals surface area contributed by atoms with Crippen LogP contribution in [0.15, 0.2) is 90.4 Å². The smallest absolute Gasteiger partial charge is 0.255 e. The number of para-hydroxylation sites is 2. The van der Waals surface area contributed by atoms with Crippen LogP contribution in [0.2, 0.25) is 5.02 Å². The largest absolute Gasteiger partial charge is 0.495 e. The molecule has 0 spiro atoms. The first kappa shape index (κ1) is 23.4. The second kappa shape index (κ2) is 10.1. The van der Waals surface area contributed by atoms with Gasteiger partial charge in [-0.2, -0.15) is 10.1 Å². The highest BCUT2D eigenvalue weighted by molar-refractivity contribution is 6.31. The zero-order valence-electron chi connectivity index (χ0n) is 19.7. The molecule has 2 heterocycles. The summed E-state index contributed by atoms with van der Waals surface area (Å²) in [6.07, 6.45) is 1.46. The second-order valence-electron chi connectivity index (χ2n) is 8.20. The third kappa shape index (κ3) is 4.63. The summed E-state index contributed by atoms with van der Waals surface area (Å²) in [6, 6.07) is 21.9. The van der Waals surface area contributed by atoms with Crippen molar-refractivity contribution in [3.63, 3.8) is 0 Å². The van der Waals surface area contributed by atoms with Gasteiger partial charge in [-0.15, -0.1) is 0 Å². The van der Waals surface area contributed by atoms with Crippen LogP contribution >= 0.6 is 11.6 Å². The Hall–Kier alpha value is -4.30. The Labute approximate surface area is 213 Å². The van der Waals surface area contributed by atoms with E-state index in [-0.39, 0.29) is 5.91 Å². The number of benzene rings is 3. The van der Waals surface area contributed by atoms with Gasteiger partial charge in [-0.1, -0.05) is 54.1 Å². The number of methoxy groups -OCH3 is 1. The number of fused-ring (bicyclic) bond motifs is 1. The van der Waals surface area contributed by atoms with Gasteiger partial charge in [-0.25, -0.2) is 4.68 Å². The van der Waals surface area contributed by atoms with Crippen LogP contribution in [-0.2, 0) is 11.4 Å². The maximum absolute atomic E-state index is 13.6. The zero-order valence-corrected chi connectivity index (χ0v) is 20.5. The van der Waals surface area contributed by atoms with Crippen LogP contribution < -0.4 is 20.1 Å². The van der Waals surface area contributed by atoms with E-state index in [1.165, 1.54) is 6.33 Å². The molecule has 1 aliphatic heterocycles. The highest BCUT2D eigenvalue weighted by Crippen LogP contribution is 2.37. The maximum Gasteiger partial charge on any atom is 0.255 e. The molecular formula is C27H24ClN5O3. The maximum atomic E-state index is 13.6. The molecule has 182 valence electrons. The van der Waals surface area contributed by atoms with E-state index in [1.54, 1.807) is 23.9 Å². The van der Waals surface area contributed by atoms with Gasteiger partial charge in [0.1, 0.15) is 30.5 Å². The third-order valence-corrected chi connectivity index (χ3v) is 6.29. The Kier molecular flexibility index (Phi) is 6.60. The van der Waals surface area contributed by atoms with Crippen molar-refractivity contribution < 1.29 is 14.3 Å². The minimum atomic E-state index is -0.526. The fourth-order valence-electron chi connectivity index (χ4n) is 4.18. The topological polar surface area (TPSA) is 90.3 Å². The summed E-state index contributed by atoms with van der Waals surface area (Å²) in [5.74, 6) is 1.49. The van der Waals surface area contributed by atoms with E-state index in [2.05, 4.69) is 20.7 Å². The summed E-state index contributed by atoms with van der Waals surface area (Å²) in [5, 5.41) is 11.2. The van der Waals surface area contributed by atoms with Crippen LogP contribution in [0.4, 0.5) is 11.6 Å². The number of carbonyl (C=O) groups is 1. The number of nitrogens with zero attached hydrogens (tertiary/aromatic N) is 3. The molecule has 9 heteroatoms. The molecule has 8 nitrogen and oxygen atoms in total. The molecule has 36 heavy (non-hydrogen) atoms. The van der Waals surface area contributed by atoms with Crippen LogP contribution in [0.5, 0.6) is 11.5 Å². The summed E-state index contributed by atoms with van der Waals surface area (Å²) in [6.45, 7) is 2.17. The summed E-state index contributed by atoms with van der Waals surface area (Å²) < 4.78 is 13.1. The fraction of sp³-hybridized carbons (Fsp3) is 0.148. The van der Waals surface area contributed by atoms with Crippen molar-refractivity contribution in [3.8, 4) is 11.5 Å². The molecule has 5 rings (SSSR count). The summed E-state index contributed by atoms with van der Waals surface area (Å²) in [5.41, 5.74) is 3.46. The van der Waals surface area contributed by atoms with Crippen molar-refractivity contribution >= 4 is 29.1 Å². The third-order valence-electron chi connectivity index (χ3n) is 5.92. The molecule has 3 aromatic carbocycles. The van der Waals surface area contributed by atoms with Crippen molar-refractivity contribution in [1.82, 2.24) is 14.8 Å². The molecule has 0 fully saturated rings. The van der Waals surface area contributed by atoms with Gasteiger partial charge in [-0.05, 0) is 42.8 Å². The lowest BCUT2D eigenvalue weighted by molar-refractivity contribution is -0.113. The number of nitrogens with one attached hydrogen (secondary N) is 2. The SMILES string of the molecule is COc1ccccc1NC(=O)C1=C(C)Nc2ncnn2[C@@H]1c1cccc(OCc2ccccc2Cl)c1. The molecule has 0 saturated carbocycles. The average Bonchev–Trinajstić information content (AvgIpc) is 3.36. The van der Waals surface area contributed by atoms with Gasteiger partial charge in [0.25, 0.3) is 5.91 Å². The van der Waals surface area contributed by atoms with E-state index >= 15 is 0 Å². The van der Waals surface area contributed by atoms with Crippen LogP contribution in [0.3, 0.4) is 0 Å². The molecule has 0 radical (unpaired) electrons. The van der Waals surface area contributed by atoms with Gasteiger partial charge < -0.3 is 20.1 Å². The second-order valence-corrected chi connectivity index (χ2v) is 8.61. The Morgan fingerprint density at radius 1 is 1.11 bits per heavy atom. The van der Waals surface area contributed by atoms with E-state index in [9.17, 15) is 4.79 Å². The minimum Gasteiger partial charge on any atom is -0.495 e. The molecule has 0 unspecified atom stereocenters. The molecule has 0 bridgehead atoms. The number of anilines is 2. The van der Waals surface area contributed by atoms with Gasteiger partial charge in [0, 0.05) is 16.3 Å². The van der Waals surface area contributed by atoms with Gasteiger partial charge >= 0.3 is 0 Å². The molecule has 1 aliphatic rings. The average molecular weight is 502 g/mol. The molecule has 1 atom stereocenters. The van der Waals surface area contributed by atoms with Gasteiger partial charge in [0.05, 0.1) is 18.4 Å². The van der Waals surface area contributed by atoms with Crippen molar-refractivity contribution in [1.29, 1.82) is 0 Å². The minimum absolute atomic E-state index is 0.280. The number of aromatic nitrogens is 3. The molecular weight excluding hydrogens is 478 g/mol. The first-order chi connectivity index (χ1) is 17.5. The number of hydrogen-bond donors (Lipinski definition) is 2. The zero-order chi connectivity index (χ0) is 25.1. The number of carbonyl (C=O) groups excluding carboxylic acids is 1. The number of halogens is 1. The number of rotatable bonds is 7. The molecule has 1 amide bonds. The fourth-order valence-corrected chi connectivity index (χ4v) is 4.37. The van der Waals surface area contributed by atoms with E-state index in [0.29, 0.717) is 46.0 Å². The lowest BCUT2D eigenvalue weighted by Crippen LogP contribution is -2.31. The van der Waals surface area contributed by atoms with Gasteiger partial charge in [-0.3, -0.25) is 4.79 Å². The Morgan fingerprint density at radius 3 is 2.75 bits per heavy atom. The van der Waals surface area contributed by atoms with Crippen LogP contribution in [-0.4, -0.2) is 27.8 Å². The predicted molar refractivity (Wildman–Crippen MR) is 138 cm³/mol. The number of ether oxygens (including phenoxy) is 2. The quantitative estimate of drug-likeness (QED) is 0.350. The Balaban J connectivity index is 1.48. The van der Waals surface area contributed by atoms with Crippen LogP contribution in [0.25, 0.3) is 0 Å². The van der Waals surface area contributed by atoms with E-state index in [4.69, 9.17) is 21.1 Å². The van der Waals surface area contributed by atoms with Crippen molar-refractivity contribution in [2.24, 2.45) is 0 Å². The monoisotopic (exact) mass is 501 g/mol. The molecule has 2 N–H and O–H groups in total. The molecule has 1 aromatic heterocycles. The predicted octanol–water partition coefficient (Wildman–Crippen LogP) is 5.45. The lowest BCUT2D eigenvalue weighted by atomic mass is 9.94. The number of allylic oxidation sites excluding steroid dienone is 1. The number of hydrogen-bond acceptors (Lipinski definition) is 6. The van der Waals surface area contributed by atoms with Crippen LogP contribution in [0.1, 0.15) is 24.1 Å². The normalized spacial score (nSPS) is 14.6. The molecule has 0 aliphatic carbocycles. The van der Waals surface area contributed by atoms with Gasteiger partial charge in [0.15, 0.2) is 0 Å². The highest BCUT2D eigenvalue weighted by Gasteiger charge is 2.34. The highest BCUT2D eigenvalue weighted by atomic mass is 35.5. The standard InChI is InChI=1S/C27H24ClN5O3/c1-17-24(26(34)32-22-12-5-6-13-23(22)35-2)25(33-27(31-17)29-16-30-33)18-9-7-10-20(14-18)36-15-19-8-3-4-11-21(19)28/h3-14,16,25H,15H2,1-2H3,(H,32,34)(H,29,30,31)/t25-/m1/s1. The summed E-state index contributed by atoms with van der Waals surface area (Å²) in [7, 11) is 1.57. The lowest BCUT2D eigenvalue weighted by Gasteiger charge is -2.29.